The Balaban J connectivity index is 1.43. The number of rotatable bonds is 6. The number of piperidine rings is 1. The number of ether oxygens (including phenoxy) is 1. The lowest BCUT2D eigenvalue weighted by Gasteiger charge is -2.34. The SMILES string of the molecule is COC(=O)N[C@H]1[CH]CN(c2cc(C#N)cc(Nc3nc(NC4CC4)c4ncc(C#N)n4n3)c2Cl)CC1. The van der Waals surface area contributed by atoms with E-state index in [9.17, 15) is 15.3 Å². The van der Waals surface area contributed by atoms with Crippen molar-refractivity contribution in [3.8, 4) is 12.1 Å². The summed E-state index contributed by atoms with van der Waals surface area (Å²) in [5.41, 5.74) is 2.26. The molecule has 3 heterocycles. The first-order valence-corrected chi connectivity index (χ1v) is 11.7. The first kappa shape index (κ1) is 23.5. The minimum absolute atomic E-state index is 0.119. The van der Waals surface area contributed by atoms with Gasteiger partial charge in [0, 0.05) is 31.6 Å². The highest BCUT2D eigenvalue weighted by Gasteiger charge is 2.26. The van der Waals surface area contributed by atoms with Crippen molar-refractivity contribution in [2.75, 3.05) is 35.7 Å². The van der Waals surface area contributed by atoms with Gasteiger partial charge >= 0.3 is 6.09 Å². The van der Waals surface area contributed by atoms with Crippen LogP contribution in [0.5, 0.6) is 0 Å². The number of alkyl carbamates (subject to hydrolysis) is 1. The van der Waals surface area contributed by atoms with Gasteiger partial charge in [-0.2, -0.15) is 20.0 Å². The third-order valence-electron chi connectivity index (χ3n) is 5.97. The van der Waals surface area contributed by atoms with Gasteiger partial charge in [-0.1, -0.05) is 11.6 Å². The van der Waals surface area contributed by atoms with Gasteiger partial charge in [0.05, 0.1) is 41.3 Å². The predicted octanol–water partition coefficient (Wildman–Crippen LogP) is 2.98. The molecule has 2 aromatic heterocycles. The number of carbonyl (C=O) groups excluding carboxylic acids is 1. The molecule has 1 aliphatic carbocycles. The number of nitriles is 2. The van der Waals surface area contributed by atoms with Crippen molar-refractivity contribution in [3.05, 3.63) is 41.0 Å². The van der Waals surface area contributed by atoms with E-state index in [-0.39, 0.29) is 17.7 Å². The molecule has 12 nitrogen and oxygen atoms in total. The average Bonchev–Trinajstić information content (AvgIpc) is 3.61. The van der Waals surface area contributed by atoms with Crippen LogP contribution in [0.4, 0.5) is 27.9 Å². The Labute approximate surface area is 211 Å². The largest absolute Gasteiger partial charge is 0.453 e. The van der Waals surface area contributed by atoms with Crippen molar-refractivity contribution in [1.29, 1.82) is 10.5 Å². The highest BCUT2D eigenvalue weighted by molar-refractivity contribution is 6.36. The maximum Gasteiger partial charge on any atom is 0.407 e. The molecule has 3 aromatic rings. The fraction of sp³-hybridized carbons (Fsp3) is 0.348. The second-order valence-corrected chi connectivity index (χ2v) is 8.88. The second-order valence-electron chi connectivity index (χ2n) is 8.50. The fourth-order valence-corrected chi connectivity index (χ4v) is 4.24. The molecule has 0 spiro atoms. The van der Waals surface area contributed by atoms with Gasteiger partial charge in [0.15, 0.2) is 17.2 Å². The zero-order chi connectivity index (χ0) is 25.2. The van der Waals surface area contributed by atoms with Crippen molar-refractivity contribution in [2.24, 2.45) is 0 Å². The number of benzene rings is 1. The summed E-state index contributed by atoms with van der Waals surface area (Å²) in [6.07, 6.45) is 5.64. The van der Waals surface area contributed by atoms with Gasteiger partial charge in [0.1, 0.15) is 6.07 Å². The van der Waals surface area contributed by atoms with Gasteiger partial charge in [-0.3, -0.25) is 0 Å². The van der Waals surface area contributed by atoms with Gasteiger partial charge < -0.3 is 25.6 Å². The molecule has 5 rings (SSSR count). The summed E-state index contributed by atoms with van der Waals surface area (Å²) in [6.45, 7) is 1.12. The maximum atomic E-state index is 11.5. The highest BCUT2D eigenvalue weighted by Crippen LogP contribution is 2.37. The molecular weight excluding hydrogens is 484 g/mol. The number of fused-ring (bicyclic) bond motifs is 1. The van der Waals surface area contributed by atoms with Crippen LogP contribution in [0.3, 0.4) is 0 Å². The molecule has 1 aromatic carbocycles. The zero-order valence-electron chi connectivity index (χ0n) is 19.3. The van der Waals surface area contributed by atoms with Crippen LogP contribution in [0.1, 0.15) is 30.5 Å². The Hall–Kier alpha value is -4.29. The summed E-state index contributed by atoms with van der Waals surface area (Å²) < 4.78 is 6.09. The van der Waals surface area contributed by atoms with E-state index < -0.39 is 6.09 Å². The molecule has 3 N–H and O–H groups in total. The highest BCUT2D eigenvalue weighted by atomic mass is 35.5. The number of hydrogen-bond donors (Lipinski definition) is 3. The first-order valence-electron chi connectivity index (χ1n) is 11.3. The number of imidazole rings is 1. The number of anilines is 4. The monoisotopic (exact) mass is 505 g/mol. The Bertz CT molecular complexity index is 1400. The lowest BCUT2D eigenvalue weighted by molar-refractivity contribution is 0.167. The molecule has 0 unspecified atom stereocenters. The van der Waals surface area contributed by atoms with E-state index in [0.29, 0.717) is 59.0 Å². The first-order chi connectivity index (χ1) is 17.5. The number of halogens is 1. The van der Waals surface area contributed by atoms with Gasteiger partial charge in [0.2, 0.25) is 5.95 Å². The molecule has 1 aliphatic heterocycles. The van der Waals surface area contributed by atoms with E-state index in [0.717, 1.165) is 12.8 Å². The fourth-order valence-electron chi connectivity index (χ4n) is 3.96. The van der Waals surface area contributed by atoms with Crippen molar-refractivity contribution >= 4 is 46.5 Å². The zero-order valence-corrected chi connectivity index (χ0v) is 20.1. The van der Waals surface area contributed by atoms with E-state index in [1.165, 1.54) is 17.8 Å². The normalized spacial score (nSPS) is 15.7. The summed E-state index contributed by atoms with van der Waals surface area (Å²) in [5.74, 6) is 0.717. The Morgan fingerprint density at radius 2 is 2.08 bits per heavy atom. The second kappa shape index (κ2) is 9.76. The molecule has 1 radical (unpaired) electrons. The molecule has 0 bridgehead atoms. The van der Waals surface area contributed by atoms with Crippen molar-refractivity contribution in [3.63, 3.8) is 0 Å². The summed E-state index contributed by atoms with van der Waals surface area (Å²) in [7, 11) is 1.33. The van der Waals surface area contributed by atoms with Crippen LogP contribution in [0.25, 0.3) is 5.65 Å². The topological polar surface area (TPSA) is 156 Å². The average molecular weight is 506 g/mol. The smallest absolute Gasteiger partial charge is 0.407 e. The molecule has 1 saturated carbocycles. The van der Waals surface area contributed by atoms with Crippen molar-refractivity contribution in [1.82, 2.24) is 24.9 Å². The maximum absolute atomic E-state index is 11.5. The lowest BCUT2D eigenvalue weighted by atomic mass is 10.0. The number of hydrogen-bond acceptors (Lipinski definition) is 10. The van der Waals surface area contributed by atoms with Gasteiger partial charge in [-0.15, -0.1) is 5.10 Å². The summed E-state index contributed by atoms with van der Waals surface area (Å²) in [6, 6.07) is 7.79. The van der Waals surface area contributed by atoms with E-state index in [4.69, 9.17) is 11.6 Å². The van der Waals surface area contributed by atoms with E-state index in [1.807, 2.05) is 11.3 Å². The van der Waals surface area contributed by atoms with Gasteiger partial charge in [-0.05, 0) is 31.4 Å². The Morgan fingerprint density at radius 3 is 2.75 bits per heavy atom. The van der Waals surface area contributed by atoms with Crippen LogP contribution in [-0.4, -0.2) is 58.0 Å². The molecule has 2 fully saturated rings. The Morgan fingerprint density at radius 1 is 1.25 bits per heavy atom. The van der Waals surface area contributed by atoms with Crippen LogP contribution in [0.15, 0.2) is 18.3 Å². The van der Waals surface area contributed by atoms with E-state index in [1.54, 1.807) is 12.1 Å². The molecule has 1 atom stereocenters. The van der Waals surface area contributed by atoms with Crippen LogP contribution < -0.4 is 20.9 Å². The molecule has 1 amide bonds. The lowest BCUT2D eigenvalue weighted by Crippen LogP contribution is -2.45. The van der Waals surface area contributed by atoms with E-state index in [2.05, 4.69) is 47.9 Å². The van der Waals surface area contributed by atoms with Gasteiger partial charge in [-0.25, -0.2) is 9.78 Å². The predicted molar refractivity (Wildman–Crippen MR) is 132 cm³/mol. The minimum Gasteiger partial charge on any atom is -0.453 e. The summed E-state index contributed by atoms with van der Waals surface area (Å²) in [4.78, 5) is 22.4. The van der Waals surface area contributed by atoms with Crippen LogP contribution in [-0.2, 0) is 4.74 Å². The van der Waals surface area contributed by atoms with E-state index >= 15 is 0 Å². The standard InChI is InChI=1S/C23H22ClN10O2/c1-36-23(35)29-15-4-6-33(7-5-15)18-9-13(10-25)8-17(19(18)24)30-22-31-20(28-14-2-3-14)21-27-12-16(11-26)34(21)32-22/h4,8-9,12,14-15H,2-3,5-7H2,1H3,(H,29,35)(H2,28,30,31,32)/t15-/m0/s1. The van der Waals surface area contributed by atoms with Crippen LogP contribution >= 0.6 is 11.6 Å². The molecule has 36 heavy (non-hydrogen) atoms. The quantitative estimate of drug-likeness (QED) is 0.455. The Kier molecular flexibility index (Phi) is 6.36. The summed E-state index contributed by atoms with van der Waals surface area (Å²) >= 11 is 6.79. The van der Waals surface area contributed by atoms with Crippen molar-refractivity contribution < 1.29 is 9.53 Å². The number of amides is 1. The molecule has 1 saturated heterocycles. The summed E-state index contributed by atoms with van der Waals surface area (Å²) in [5, 5.41) is 33.1. The number of aromatic nitrogens is 4. The van der Waals surface area contributed by atoms with Crippen LogP contribution in [0.2, 0.25) is 5.02 Å². The van der Waals surface area contributed by atoms with Gasteiger partial charge in [0.25, 0.3) is 0 Å². The minimum atomic E-state index is -0.481. The third kappa shape index (κ3) is 4.76. The third-order valence-corrected chi connectivity index (χ3v) is 6.37. The number of nitrogens with zero attached hydrogens (tertiary/aromatic N) is 7. The number of nitrogens with one attached hydrogen (secondary N) is 3. The molecule has 2 aliphatic rings. The molecule has 13 heteroatoms. The molecular formula is C23H22ClN10O2. The number of carbonyl (C=O) groups is 1. The number of methoxy groups -OCH3 is 1. The van der Waals surface area contributed by atoms with Crippen molar-refractivity contribution in [2.45, 2.75) is 31.3 Å². The van der Waals surface area contributed by atoms with Crippen LogP contribution in [0, 0.1) is 29.1 Å². The molecule has 183 valence electrons.